The largest absolute Gasteiger partial charge is 0.481 e. The maximum Gasteiger partial charge on any atom is 0.317 e. The third kappa shape index (κ3) is 4.85. The first-order chi connectivity index (χ1) is 9.45. The maximum absolute atomic E-state index is 12.1. The number of thiophene rings is 1. The predicted molar refractivity (Wildman–Crippen MR) is 80.0 cm³/mol. The first-order valence-corrected chi connectivity index (χ1v) is 7.65. The Hall–Kier alpha value is -1.56. The van der Waals surface area contributed by atoms with Crippen molar-refractivity contribution in [2.24, 2.45) is 0 Å². The molecule has 0 unspecified atom stereocenters. The quantitative estimate of drug-likeness (QED) is 0.813. The minimum Gasteiger partial charge on any atom is -0.481 e. The molecular formula is C14H22N2O3S. The van der Waals surface area contributed by atoms with Gasteiger partial charge in [-0.05, 0) is 37.3 Å². The highest BCUT2D eigenvalue weighted by atomic mass is 32.1. The van der Waals surface area contributed by atoms with Gasteiger partial charge >= 0.3 is 12.0 Å². The number of urea groups is 1. The van der Waals surface area contributed by atoms with Gasteiger partial charge in [0.1, 0.15) is 0 Å². The Labute approximate surface area is 123 Å². The van der Waals surface area contributed by atoms with Gasteiger partial charge in [0, 0.05) is 17.5 Å². The van der Waals surface area contributed by atoms with Crippen molar-refractivity contribution in [2.45, 2.75) is 46.2 Å². The third-order valence-electron chi connectivity index (χ3n) is 3.07. The lowest BCUT2D eigenvalue weighted by Gasteiger charge is -2.26. The highest BCUT2D eigenvalue weighted by Crippen LogP contribution is 2.17. The molecule has 0 aliphatic carbocycles. The third-order valence-corrected chi connectivity index (χ3v) is 4.03. The van der Waals surface area contributed by atoms with Crippen LogP contribution in [0.25, 0.3) is 0 Å². The Morgan fingerprint density at radius 1 is 1.45 bits per heavy atom. The lowest BCUT2D eigenvalue weighted by Crippen LogP contribution is -2.44. The molecule has 0 aromatic carbocycles. The molecule has 1 aromatic rings. The van der Waals surface area contributed by atoms with Crippen LogP contribution in [0.5, 0.6) is 0 Å². The summed E-state index contributed by atoms with van der Waals surface area (Å²) in [4.78, 5) is 25.4. The lowest BCUT2D eigenvalue weighted by atomic mass is 10.2. The molecule has 1 rings (SSSR count). The zero-order chi connectivity index (χ0) is 15.1. The summed E-state index contributed by atoms with van der Waals surface area (Å²) >= 11 is 1.63. The van der Waals surface area contributed by atoms with E-state index in [9.17, 15) is 9.59 Å². The van der Waals surface area contributed by atoms with Crippen LogP contribution in [0.2, 0.25) is 0 Å². The number of aliphatic carboxylic acids is 1. The highest BCUT2D eigenvalue weighted by molar-refractivity contribution is 7.10. The minimum absolute atomic E-state index is 0.0247. The van der Waals surface area contributed by atoms with Gasteiger partial charge in [-0.3, -0.25) is 4.79 Å². The van der Waals surface area contributed by atoms with E-state index in [4.69, 9.17) is 5.11 Å². The molecule has 0 saturated carbocycles. The summed E-state index contributed by atoms with van der Waals surface area (Å²) in [6.07, 6.45) is 0.909. The van der Waals surface area contributed by atoms with Crippen LogP contribution in [0, 0.1) is 0 Å². The Balaban J connectivity index is 2.56. The Kier molecular flexibility index (Phi) is 6.51. The predicted octanol–water partition coefficient (Wildman–Crippen LogP) is 2.71. The van der Waals surface area contributed by atoms with E-state index >= 15 is 0 Å². The van der Waals surface area contributed by atoms with Crippen LogP contribution < -0.4 is 5.32 Å². The smallest absolute Gasteiger partial charge is 0.317 e. The van der Waals surface area contributed by atoms with Crippen molar-refractivity contribution in [1.82, 2.24) is 10.2 Å². The molecule has 1 aromatic heterocycles. The van der Waals surface area contributed by atoms with Crippen molar-refractivity contribution in [3.63, 3.8) is 0 Å². The normalized spacial score (nSPS) is 10.6. The van der Waals surface area contributed by atoms with Gasteiger partial charge in [-0.1, -0.05) is 6.92 Å². The summed E-state index contributed by atoms with van der Waals surface area (Å²) < 4.78 is 0. The molecule has 0 bridgehead atoms. The number of carbonyl (C=O) groups is 2. The summed E-state index contributed by atoms with van der Waals surface area (Å²) in [5, 5.41) is 13.6. The molecule has 112 valence electrons. The number of carbonyl (C=O) groups excluding carboxylic acids is 1. The second kappa shape index (κ2) is 7.89. The monoisotopic (exact) mass is 298 g/mol. The second-order valence-electron chi connectivity index (χ2n) is 4.81. The zero-order valence-corrected chi connectivity index (χ0v) is 13.0. The van der Waals surface area contributed by atoms with Crippen molar-refractivity contribution in [2.75, 3.05) is 6.54 Å². The SMILES string of the molecule is CCc1ccsc1CNC(=O)N(CCC(=O)O)C(C)C. The van der Waals surface area contributed by atoms with Crippen molar-refractivity contribution >= 4 is 23.3 Å². The topological polar surface area (TPSA) is 69.6 Å². The van der Waals surface area contributed by atoms with Crippen molar-refractivity contribution < 1.29 is 14.7 Å². The van der Waals surface area contributed by atoms with Gasteiger partial charge < -0.3 is 15.3 Å². The standard InChI is InChI=1S/C14H22N2O3S/c1-4-11-6-8-20-12(11)9-15-14(19)16(10(2)3)7-5-13(17)18/h6,8,10H,4-5,7,9H2,1-3H3,(H,15,19)(H,17,18). The van der Waals surface area contributed by atoms with Gasteiger partial charge in [0.2, 0.25) is 0 Å². The van der Waals surface area contributed by atoms with E-state index in [0.29, 0.717) is 6.54 Å². The number of hydrogen-bond acceptors (Lipinski definition) is 3. The number of nitrogens with one attached hydrogen (secondary N) is 1. The van der Waals surface area contributed by atoms with Gasteiger partial charge in [-0.2, -0.15) is 0 Å². The van der Waals surface area contributed by atoms with E-state index in [0.717, 1.165) is 11.3 Å². The molecule has 0 radical (unpaired) electrons. The van der Waals surface area contributed by atoms with E-state index < -0.39 is 5.97 Å². The zero-order valence-electron chi connectivity index (χ0n) is 12.2. The number of aryl methyl sites for hydroxylation is 1. The lowest BCUT2D eigenvalue weighted by molar-refractivity contribution is -0.137. The minimum atomic E-state index is -0.894. The number of carboxylic acid groups (broad SMARTS) is 1. The first kappa shape index (κ1) is 16.5. The van der Waals surface area contributed by atoms with Gasteiger partial charge in [0.25, 0.3) is 0 Å². The Morgan fingerprint density at radius 2 is 2.15 bits per heavy atom. The second-order valence-corrected chi connectivity index (χ2v) is 5.81. The maximum atomic E-state index is 12.1. The molecule has 2 N–H and O–H groups in total. The van der Waals surface area contributed by atoms with Crippen LogP contribution in [-0.4, -0.2) is 34.6 Å². The van der Waals surface area contributed by atoms with Gasteiger partial charge in [-0.15, -0.1) is 11.3 Å². The number of nitrogens with zero attached hydrogens (tertiary/aromatic N) is 1. The van der Waals surface area contributed by atoms with Crippen molar-refractivity contribution in [1.29, 1.82) is 0 Å². The van der Waals surface area contributed by atoms with Crippen LogP contribution in [0.1, 0.15) is 37.6 Å². The molecule has 2 amide bonds. The Morgan fingerprint density at radius 3 is 2.70 bits per heavy atom. The fourth-order valence-electron chi connectivity index (χ4n) is 1.90. The fraction of sp³-hybridized carbons (Fsp3) is 0.571. The summed E-state index contributed by atoms with van der Waals surface area (Å²) in [7, 11) is 0. The number of carboxylic acids is 1. The molecule has 0 fully saturated rings. The highest BCUT2D eigenvalue weighted by Gasteiger charge is 2.18. The average molecular weight is 298 g/mol. The van der Waals surface area contributed by atoms with E-state index in [1.165, 1.54) is 5.56 Å². The van der Waals surface area contributed by atoms with Crippen LogP contribution in [-0.2, 0) is 17.8 Å². The van der Waals surface area contributed by atoms with Gasteiger partial charge in [-0.25, -0.2) is 4.79 Å². The molecule has 0 aliphatic heterocycles. The molecule has 20 heavy (non-hydrogen) atoms. The van der Waals surface area contributed by atoms with Crippen LogP contribution in [0.15, 0.2) is 11.4 Å². The molecule has 0 aliphatic rings. The van der Waals surface area contributed by atoms with Crippen LogP contribution in [0.4, 0.5) is 4.79 Å². The molecule has 0 saturated heterocycles. The van der Waals surface area contributed by atoms with E-state index in [2.05, 4.69) is 18.3 Å². The van der Waals surface area contributed by atoms with E-state index in [1.807, 2.05) is 19.2 Å². The molecule has 1 heterocycles. The summed E-state index contributed by atoms with van der Waals surface area (Å²) in [5.41, 5.74) is 1.25. The summed E-state index contributed by atoms with van der Waals surface area (Å²) in [6.45, 7) is 6.56. The molecule has 0 atom stereocenters. The summed E-state index contributed by atoms with van der Waals surface area (Å²) in [5.74, 6) is -0.894. The average Bonchev–Trinajstić information content (AvgIpc) is 2.83. The summed E-state index contributed by atoms with van der Waals surface area (Å²) in [6, 6.07) is 1.83. The molecule has 5 nitrogen and oxygen atoms in total. The van der Waals surface area contributed by atoms with Crippen molar-refractivity contribution in [3.8, 4) is 0 Å². The molecule has 0 spiro atoms. The van der Waals surface area contributed by atoms with Crippen LogP contribution in [0.3, 0.4) is 0 Å². The fourth-order valence-corrected chi connectivity index (χ4v) is 2.82. The molecule has 6 heteroatoms. The number of hydrogen-bond donors (Lipinski definition) is 2. The first-order valence-electron chi connectivity index (χ1n) is 6.77. The van der Waals surface area contributed by atoms with Crippen molar-refractivity contribution in [3.05, 3.63) is 21.9 Å². The Bertz CT molecular complexity index is 457. The molecular weight excluding hydrogens is 276 g/mol. The van der Waals surface area contributed by atoms with E-state index in [-0.39, 0.29) is 25.0 Å². The number of amides is 2. The van der Waals surface area contributed by atoms with Crippen LogP contribution >= 0.6 is 11.3 Å². The van der Waals surface area contributed by atoms with E-state index in [1.54, 1.807) is 16.2 Å². The van der Waals surface area contributed by atoms with Gasteiger partial charge in [0.15, 0.2) is 0 Å². The number of rotatable bonds is 7. The van der Waals surface area contributed by atoms with Gasteiger partial charge in [0.05, 0.1) is 13.0 Å².